The van der Waals surface area contributed by atoms with Crippen molar-refractivity contribution in [3.05, 3.63) is 29.3 Å². The Kier molecular flexibility index (Phi) is 3.89. The number of isocyanates is 1. The fourth-order valence-corrected chi connectivity index (χ4v) is 1.07. The molecule has 0 saturated carbocycles. The molecule has 0 fully saturated rings. The van der Waals surface area contributed by atoms with Gasteiger partial charge in [-0.25, -0.2) is 4.79 Å². The minimum absolute atomic E-state index is 0.323. The molecular weight excluding hydrogens is 214 g/mol. The quantitative estimate of drug-likeness (QED) is 0.584. The molecule has 0 spiro atoms. The number of ether oxygens (including phenoxy) is 1. The van der Waals surface area contributed by atoms with Crippen molar-refractivity contribution in [2.45, 2.75) is 19.4 Å². The zero-order valence-corrected chi connectivity index (χ0v) is 9.41. The lowest BCUT2D eigenvalue weighted by Gasteiger charge is -2.17. The van der Waals surface area contributed by atoms with Gasteiger partial charge in [0.1, 0.15) is 17.9 Å². The van der Waals surface area contributed by atoms with Gasteiger partial charge < -0.3 is 4.74 Å². The van der Waals surface area contributed by atoms with Crippen LogP contribution in [0.2, 0.25) is 5.02 Å². The molecule has 4 heteroatoms. The molecule has 0 atom stereocenters. The number of aliphatic imine (C=N–C) groups is 1. The first-order chi connectivity index (χ1) is 7.03. The minimum atomic E-state index is -0.554. The predicted octanol–water partition coefficient (Wildman–Crippen LogP) is 2.83. The lowest BCUT2D eigenvalue weighted by Crippen LogP contribution is -2.26. The van der Waals surface area contributed by atoms with Gasteiger partial charge in [0, 0.05) is 5.02 Å². The summed E-state index contributed by atoms with van der Waals surface area (Å²) in [6, 6.07) is 7.02. The number of carbonyl (C=O) groups excluding carboxylic acids is 1. The lowest BCUT2D eigenvalue weighted by atomic mass is 10.1. The van der Waals surface area contributed by atoms with Gasteiger partial charge in [-0.1, -0.05) is 11.6 Å². The number of nitrogens with zero attached hydrogens (tertiary/aromatic N) is 1. The maximum Gasteiger partial charge on any atom is 0.235 e. The van der Waals surface area contributed by atoms with E-state index in [1.165, 1.54) is 6.08 Å². The first kappa shape index (κ1) is 11.8. The highest BCUT2D eigenvalue weighted by Gasteiger charge is 2.17. The SMILES string of the molecule is CC(C)(COc1ccc(Cl)cc1)N=C=O. The first-order valence-electron chi connectivity index (χ1n) is 4.51. The molecule has 3 nitrogen and oxygen atoms in total. The van der Waals surface area contributed by atoms with Crippen molar-refractivity contribution in [1.82, 2.24) is 0 Å². The standard InChI is InChI=1S/C11H12ClNO2/c1-11(2,13-8-14)7-15-10-5-3-9(12)4-6-10/h3-6H,7H2,1-2H3. The number of hydrogen-bond acceptors (Lipinski definition) is 3. The fraction of sp³-hybridized carbons (Fsp3) is 0.364. The van der Waals surface area contributed by atoms with E-state index < -0.39 is 5.54 Å². The Hall–Kier alpha value is -1.31. The lowest BCUT2D eigenvalue weighted by molar-refractivity contribution is 0.244. The summed E-state index contributed by atoms with van der Waals surface area (Å²) in [7, 11) is 0. The van der Waals surface area contributed by atoms with Crippen molar-refractivity contribution in [1.29, 1.82) is 0 Å². The molecule has 1 rings (SSSR count). The van der Waals surface area contributed by atoms with Crippen molar-refractivity contribution in [2.24, 2.45) is 4.99 Å². The van der Waals surface area contributed by atoms with E-state index in [-0.39, 0.29) is 0 Å². The summed E-state index contributed by atoms with van der Waals surface area (Å²) in [6.45, 7) is 3.92. The van der Waals surface area contributed by atoms with Crippen LogP contribution in [0.25, 0.3) is 0 Å². The molecule has 15 heavy (non-hydrogen) atoms. The van der Waals surface area contributed by atoms with Crippen molar-refractivity contribution in [3.8, 4) is 5.75 Å². The molecule has 0 aliphatic heterocycles. The van der Waals surface area contributed by atoms with Crippen LogP contribution in [0.15, 0.2) is 29.3 Å². The fourth-order valence-electron chi connectivity index (χ4n) is 0.947. The molecule has 0 aliphatic carbocycles. The van der Waals surface area contributed by atoms with Crippen LogP contribution < -0.4 is 4.74 Å². The van der Waals surface area contributed by atoms with Crippen LogP contribution in [0.1, 0.15) is 13.8 Å². The van der Waals surface area contributed by atoms with Crippen LogP contribution in [-0.4, -0.2) is 18.2 Å². The van der Waals surface area contributed by atoms with Gasteiger partial charge in [0.05, 0.1) is 0 Å². The van der Waals surface area contributed by atoms with Crippen molar-refractivity contribution in [3.63, 3.8) is 0 Å². The third-order valence-corrected chi connectivity index (χ3v) is 2.01. The second kappa shape index (κ2) is 4.96. The number of rotatable bonds is 4. The van der Waals surface area contributed by atoms with E-state index >= 15 is 0 Å². The highest BCUT2D eigenvalue weighted by atomic mass is 35.5. The Labute approximate surface area is 93.7 Å². The Morgan fingerprint density at radius 1 is 1.40 bits per heavy atom. The molecule has 0 bridgehead atoms. The van der Waals surface area contributed by atoms with Crippen LogP contribution in [0, 0.1) is 0 Å². The van der Waals surface area contributed by atoms with Gasteiger partial charge in [-0.2, -0.15) is 4.99 Å². The third-order valence-electron chi connectivity index (χ3n) is 1.75. The summed E-state index contributed by atoms with van der Waals surface area (Å²) in [6.07, 6.45) is 1.53. The molecule has 0 amide bonds. The van der Waals surface area contributed by atoms with Gasteiger partial charge >= 0.3 is 0 Å². The monoisotopic (exact) mass is 225 g/mol. The highest BCUT2D eigenvalue weighted by molar-refractivity contribution is 6.30. The van der Waals surface area contributed by atoms with Crippen LogP contribution in [0.3, 0.4) is 0 Å². The average molecular weight is 226 g/mol. The van der Waals surface area contributed by atoms with Crippen LogP contribution >= 0.6 is 11.6 Å². The summed E-state index contributed by atoms with van der Waals surface area (Å²) < 4.78 is 5.45. The van der Waals surface area contributed by atoms with Gasteiger partial charge in [0.15, 0.2) is 0 Å². The molecule has 1 aromatic carbocycles. The van der Waals surface area contributed by atoms with Crippen LogP contribution in [-0.2, 0) is 4.79 Å². The van der Waals surface area contributed by atoms with Crippen molar-refractivity contribution < 1.29 is 9.53 Å². The number of benzene rings is 1. The van der Waals surface area contributed by atoms with E-state index in [9.17, 15) is 4.79 Å². The van der Waals surface area contributed by atoms with Gasteiger partial charge in [-0.05, 0) is 38.1 Å². The number of hydrogen-bond donors (Lipinski definition) is 0. The zero-order chi connectivity index (χ0) is 11.3. The highest BCUT2D eigenvalue weighted by Crippen LogP contribution is 2.17. The molecule has 0 aliphatic rings. The van der Waals surface area contributed by atoms with Gasteiger partial charge in [-0.15, -0.1) is 0 Å². The second-order valence-corrected chi connectivity index (χ2v) is 4.19. The summed E-state index contributed by atoms with van der Waals surface area (Å²) in [5, 5.41) is 0.660. The molecule has 0 N–H and O–H groups in total. The molecule has 0 saturated heterocycles. The van der Waals surface area contributed by atoms with E-state index in [1.807, 2.05) is 0 Å². The third kappa shape index (κ3) is 4.15. The maximum atomic E-state index is 10.1. The van der Waals surface area contributed by atoms with E-state index in [1.54, 1.807) is 38.1 Å². The van der Waals surface area contributed by atoms with Crippen molar-refractivity contribution in [2.75, 3.05) is 6.61 Å². The molecule has 0 heterocycles. The van der Waals surface area contributed by atoms with E-state index in [4.69, 9.17) is 16.3 Å². The Morgan fingerprint density at radius 2 is 2.00 bits per heavy atom. The van der Waals surface area contributed by atoms with E-state index in [0.717, 1.165) is 0 Å². The average Bonchev–Trinajstić information content (AvgIpc) is 2.17. The first-order valence-corrected chi connectivity index (χ1v) is 4.89. The Balaban J connectivity index is 2.57. The summed E-state index contributed by atoms with van der Waals surface area (Å²) in [4.78, 5) is 13.7. The van der Waals surface area contributed by atoms with Gasteiger partial charge in [-0.3, -0.25) is 0 Å². The number of halogens is 1. The van der Waals surface area contributed by atoms with Crippen LogP contribution in [0.5, 0.6) is 5.75 Å². The van der Waals surface area contributed by atoms with Crippen LogP contribution in [0.4, 0.5) is 0 Å². The molecule has 0 radical (unpaired) electrons. The van der Waals surface area contributed by atoms with E-state index in [2.05, 4.69) is 4.99 Å². The Morgan fingerprint density at radius 3 is 2.53 bits per heavy atom. The minimum Gasteiger partial charge on any atom is -0.491 e. The molecular formula is C11H12ClNO2. The maximum absolute atomic E-state index is 10.1. The molecule has 1 aromatic rings. The second-order valence-electron chi connectivity index (χ2n) is 3.76. The summed E-state index contributed by atoms with van der Waals surface area (Å²) in [5.74, 6) is 0.702. The summed E-state index contributed by atoms with van der Waals surface area (Å²) in [5.41, 5.74) is -0.554. The summed E-state index contributed by atoms with van der Waals surface area (Å²) >= 11 is 5.73. The Bertz CT molecular complexity index is 367. The molecule has 80 valence electrons. The zero-order valence-electron chi connectivity index (χ0n) is 8.66. The predicted molar refractivity (Wildman–Crippen MR) is 59.1 cm³/mol. The largest absolute Gasteiger partial charge is 0.491 e. The van der Waals surface area contributed by atoms with E-state index in [0.29, 0.717) is 17.4 Å². The normalized spacial score (nSPS) is 10.6. The van der Waals surface area contributed by atoms with Gasteiger partial charge in [0.2, 0.25) is 6.08 Å². The smallest absolute Gasteiger partial charge is 0.235 e. The molecule has 0 unspecified atom stereocenters. The van der Waals surface area contributed by atoms with Gasteiger partial charge in [0.25, 0.3) is 0 Å². The molecule has 0 aromatic heterocycles. The topological polar surface area (TPSA) is 38.7 Å². The van der Waals surface area contributed by atoms with Crippen molar-refractivity contribution >= 4 is 17.7 Å².